The summed E-state index contributed by atoms with van der Waals surface area (Å²) in [7, 11) is 0. The van der Waals surface area contributed by atoms with Crippen molar-refractivity contribution in [1.29, 1.82) is 0 Å². The predicted molar refractivity (Wildman–Crippen MR) is 38.0 cm³/mol. The summed E-state index contributed by atoms with van der Waals surface area (Å²) in [6.45, 7) is -0.219. The molecular weight excluding hydrogens is 175 g/mol. The standard InChI is InChI=1S/C5H4Cl2N2O/c6-4-1-8-3(2-10)5(7)9-4/h1,10H,2H2. The second-order valence-electron chi connectivity index (χ2n) is 1.59. The minimum absolute atomic E-state index is 0.148. The van der Waals surface area contributed by atoms with Crippen LogP contribution in [0.5, 0.6) is 0 Å². The van der Waals surface area contributed by atoms with E-state index in [4.69, 9.17) is 28.3 Å². The van der Waals surface area contributed by atoms with Crippen LogP contribution in [0.25, 0.3) is 0 Å². The fraction of sp³-hybridized carbons (Fsp3) is 0.200. The van der Waals surface area contributed by atoms with E-state index in [1.807, 2.05) is 0 Å². The van der Waals surface area contributed by atoms with Crippen molar-refractivity contribution in [1.82, 2.24) is 9.97 Å². The van der Waals surface area contributed by atoms with Gasteiger partial charge in [0.1, 0.15) is 10.8 Å². The van der Waals surface area contributed by atoms with Crippen LogP contribution >= 0.6 is 23.2 Å². The van der Waals surface area contributed by atoms with Gasteiger partial charge in [-0.15, -0.1) is 0 Å². The van der Waals surface area contributed by atoms with Crippen LogP contribution in [0.15, 0.2) is 6.20 Å². The van der Waals surface area contributed by atoms with Crippen molar-refractivity contribution in [2.24, 2.45) is 0 Å². The minimum atomic E-state index is -0.219. The van der Waals surface area contributed by atoms with Gasteiger partial charge in [0.05, 0.1) is 12.8 Å². The molecule has 0 aliphatic carbocycles. The van der Waals surface area contributed by atoms with Gasteiger partial charge in [-0.3, -0.25) is 4.98 Å². The summed E-state index contributed by atoms with van der Waals surface area (Å²) < 4.78 is 0. The number of aliphatic hydroxyl groups is 1. The molecule has 1 heterocycles. The van der Waals surface area contributed by atoms with Crippen molar-refractivity contribution < 1.29 is 5.11 Å². The Morgan fingerprint density at radius 3 is 2.70 bits per heavy atom. The van der Waals surface area contributed by atoms with E-state index in [-0.39, 0.29) is 16.9 Å². The molecule has 3 nitrogen and oxygen atoms in total. The zero-order chi connectivity index (χ0) is 7.56. The summed E-state index contributed by atoms with van der Waals surface area (Å²) in [5, 5.41) is 8.95. The fourth-order valence-corrected chi connectivity index (χ4v) is 0.854. The number of rotatable bonds is 1. The second kappa shape index (κ2) is 3.14. The maximum atomic E-state index is 8.58. The Morgan fingerprint density at radius 1 is 1.50 bits per heavy atom. The van der Waals surface area contributed by atoms with E-state index in [0.717, 1.165) is 0 Å². The Morgan fingerprint density at radius 2 is 2.20 bits per heavy atom. The fourth-order valence-electron chi connectivity index (χ4n) is 0.478. The highest BCUT2D eigenvalue weighted by atomic mass is 35.5. The molecule has 0 fully saturated rings. The van der Waals surface area contributed by atoms with Crippen molar-refractivity contribution in [3.63, 3.8) is 0 Å². The summed E-state index contributed by atoms with van der Waals surface area (Å²) in [4.78, 5) is 7.37. The third-order valence-corrected chi connectivity index (χ3v) is 1.40. The molecular formula is C5H4Cl2N2O. The van der Waals surface area contributed by atoms with Crippen molar-refractivity contribution >= 4 is 23.2 Å². The first-order valence-corrected chi connectivity index (χ1v) is 3.27. The Labute approximate surface area is 67.6 Å². The lowest BCUT2D eigenvalue weighted by Gasteiger charge is -1.96. The van der Waals surface area contributed by atoms with E-state index >= 15 is 0 Å². The molecule has 0 radical (unpaired) electrons. The monoisotopic (exact) mass is 178 g/mol. The average Bonchev–Trinajstić information content (AvgIpc) is 1.88. The van der Waals surface area contributed by atoms with Crippen LogP contribution in [0.3, 0.4) is 0 Å². The van der Waals surface area contributed by atoms with Crippen LogP contribution in [0.2, 0.25) is 10.3 Å². The number of hydrogen-bond donors (Lipinski definition) is 1. The van der Waals surface area contributed by atoms with Crippen molar-refractivity contribution in [3.05, 3.63) is 22.2 Å². The summed E-state index contributed by atoms with van der Waals surface area (Å²) in [5.74, 6) is 0. The zero-order valence-corrected chi connectivity index (χ0v) is 6.39. The van der Waals surface area contributed by atoms with E-state index in [2.05, 4.69) is 9.97 Å². The summed E-state index contributed by atoms with van der Waals surface area (Å²) in [6, 6.07) is 0. The van der Waals surface area contributed by atoms with Gasteiger partial charge in [-0.2, -0.15) is 0 Å². The Hall–Kier alpha value is -0.380. The molecule has 1 N–H and O–H groups in total. The third kappa shape index (κ3) is 1.56. The van der Waals surface area contributed by atoms with Gasteiger partial charge in [0, 0.05) is 0 Å². The maximum absolute atomic E-state index is 8.58. The first-order valence-electron chi connectivity index (χ1n) is 2.52. The predicted octanol–water partition coefficient (Wildman–Crippen LogP) is 1.28. The molecule has 0 spiro atoms. The van der Waals surface area contributed by atoms with Crippen LogP contribution in [0.4, 0.5) is 0 Å². The van der Waals surface area contributed by atoms with E-state index < -0.39 is 0 Å². The quantitative estimate of drug-likeness (QED) is 0.706. The summed E-state index contributed by atoms with van der Waals surface area (Å²) in [5.41, 5.74) is 0.339. The molecule has 0 amide bonds. The molecule has 0 aliphatic rings. The van der Waals surface area contributed by atoms with Crippen LogP contribution in [0, 0.1) is 0 Å². The molecule has 5 heteroatoms. The maximum Gasteiger partial charge on any atom is 0.154 e. The highest BCUT2D eigenvalue weighted by molar-refractivity contribution is 6.32. The highest BCUT2D eigenvalue weighted by Gasteiger charge is 2.01. The molecule has 54 valence electrons. The first-order chi connectivity index (χ1) is 4.74. The van der Waals surface area contributed by atoms with Gasteiger partial charge >= 0.3 is 0 Å². The Balaban J connectivity index is 3.07. The Bertz CT molecular complexity index is 241. The summed E-state index contributed by atoms with van der Waals surface area (Å²) in [6.07, 6.45) is 1.33. The first kappa shape index (κ1) is 7.72. The van der Waals surface area contributed by atoms with Crippen molar-refractivity contribution in [3.8, 4) is 0 Å². The Kier molecular flexibility index (Phi) is 2.43. The summed E-state index contributed by atoms with van der Waals surface area (Å²) >= 11 is 10.9. The van der Waals surface area contributed by atoms with Gasteiger partial charge < -0.3 is 5.11 Å². The molecule has 1 aromatic rings. The lowest BCUT2D eigenvalue weighted by atomic mass is 10.5. The van der Waals surface area contributed by atoms with Crippen LogP contribution in [-0.2, 0) is 6.61 Å². The topological polar surface area (TPSA) is 46.0 Å². The van der Waals surface area contributed by atoms with Gasteiger partial charge in [0.2, 0.25) is 0 Å². The highest BCUT2D eigenvalue weighted by Crippen LogP contribution is 2.12. The lowest BCUT2D eigenvalue weighted by Crippen LogP contribution is -1.92. The van der Waals surface area contributed by atoms with E-state index in [9.17, 15) is 0 Å². The van der Waals surface area contributed by atoms with E-state index in [1.165, 1.54) is 6.20 Å². The van der Waals surface area contributed by atoms with Gasteiger partial charge in [-0.05, 0) is 0 Å². The van der Waals surface area contributed by atoms with Crippen molar-refractivity contribution in [2.45, 2.75) is 6.61 Å². The molecule has 10 heavy (non-hydrogen) atoms. The molecule has 0 aromatic carbocycles. The van der Waals surface area contributed by atoms with Crippen LogP contribution < -0.4 is 0 Å². The zero-order valence-electron chi connectivity index (χ0n) is 4.88. The molecule has 0 bridgehead atoms. The van der Waals surface area contributed by atoms with E-state index in [0.29, 0.717) is 5.69 Å². The normalized spacial score (nSPS) is 9.90. The number of hydrogen-bond acceptors (Lipinski definition) is 3. The molecule has 1 rings (SSSR count). The van der Waals surface area contributed by atoms with Gasteiger partial charge in [0.15, 0.2) is 5.15 Å². The minimum Gasteiger partial charge on any atom is -0.390 e. The van der Waals surface area contributed by atoms with Gasteiger partial charge in [-0.1, -0.05) is 23.2 Å². The second-order valence-corrected chi connectivity index (χ2v) is 2.33. The molecule has 0 unspecified atom stereocenters. The van der Waals surface area contributed by atoms with E-state index in [1.54, 1.807) is 0 Å². The van der Waals surface area contributed by atoms with Crippen LogP contribution in [-0.4, -0.2) is 15.1 Å². The SMILES string of the molecule is OCc1ncc(Cl)nc1Cl. The van der Waals surface area contributed by atoms with Gasteiger partial charge in [-0.25, -0.2) is 4.98 Å². The molecule has 0 saturated carbocycles. The average molecular weight is 179 g/mol. The van der Waals surface area contributed by atoms with Gasteiger partial charge in [0.25, 0.3) is 0 Å². The third-order valence-electron chi connectivity index (χ3n) is 0.920. The largest absolute Gasteiger partial charge is 0.390 e. The number of aliphatic hydroxyl groups excluding tert-OH is 1. The van der Waals surface area contributed by atoms with Crippen LogP contribution in [0.1, 0.15) is 5.69 Å². The molecule has 0 aliphatic heterocycles. The number of halogens is 2. The molecule has 0 saturated heterocycles. The number of aromatic nitrogens is 2. The molecule has 0 atom stereocenters. The smallest absolute Gasteiger partial charge is 0.154 e. The lowest BCUT2D eigenvalue weighted by molar-refractivity contribution is 0.276. The van der Waals surface area contributed by atoms with Crippen molar-refractivity contribution in [2.75, 3.05) is 0 Å². The molecule has 1 aromatic heterocycles. The number of nitrogens with zero attached hydrogens (tertiary/aromatic N) is 2.